The highest BCUT2D eigenvalue weighted by atomic mass is 32.2. The fourth-order valence-electron chi connectivity index (χ4n) is 2.82. The fraction of sp³-hybridized carbons (Fsp3) is 0.143. The van der Waals surface area contributed by atoms with Crippen LogP contribution in [-0.4, -0.2) is 15.8 Å². The van der Waals surface area contributed by atoms with Crippen LogP contribution in [-0.2, 0) is 0 Å². The molecule has 0 N–H and O–H groups in total. The lowest BCUT2D eigenvalue weighted by atomic mass is 10.0. The Labute approximate surface area is 166 Å². The first-order valence-electron chi connectivity index (χ1n) is 8.48. The Morgan fingerprint density at radius 2 is 1.81 bits per heavy atom. The first-order valence-corrected chi connectivity index (χ1v) is 10.5. The Balaban J connectivity index is 1.68. The van der Waals surface area contributed by atoms with Gasteiger partial charge in [0.15, 0.2) is 4.34 Å². The number of aromatic nitrogens is 1. The van der Waals surface area contributed by atoms with Crippen molar-refractivity contribution in [1.29, 1.82) is 0 Å². The molecule has 1 aromatic heterocycles. The lowest BCUT2D eigenvalue weighted by molar-refractivity contribution is 0.321. The van der Waals surface area contributed by atoms with Crippen LogP contribution in [0.1, 0.15) is 18.9 Å². The normalized spacial score (nSPS) is 11.1. The van der Waals surface area contributed by atoms with E-state index in [-0.39, 0.29) is 0 Å². The molecule has 0 unspecified atom stereocenters. The number of benzene rings is 3. The lowest BCUT2D eigenvalue weighted by Crippen LogP contribution is -1.99. The van der Waals surface area contributed by atoms with Gasteiger partial charge in [0.25, 0.3) is 0 Å². The van der Waals surface area contributed by atoms with Gasteiger partial charge in [-0.1, -0.05) is 55.5 Å². The molecular formula is C21H17NOS3. The molecule has 1 heterocycles. The monoisotopic (exact) mass is 395 g/mol. The van der Waals surface area contributed by atoms with Gasteiger partial charge in [-0.2, -0.15) is 0 Å². The Morgan fingerprint density at radius 1 is 1.04 bits per heavy atom. The molecule has 0 radical (unpaired) electrons. The number of thioether (sulfide) groups is 1. The van der Waals surface area contributed by atoms with Crippen molar-refractivity contribution in [3.63, 3.8) is 0 Å². The predicted molar refractivity (Wildman–Crippen MR) is 117 cm³/mol. The summed E-state index contributed by atoms with van der Waals surface area (Å²) in [6.07, 6.45) is 0.988. The number of hydrogen-bond acceptors (Lipinski definition) is 5. The number of ether oxygens (including phenoxy) is 1. The number of thiazole rings is 1. The molecular weight excluding hydrogens is 378 g/mol. The molecule has 0 aliphatic heterocycles. The summed E-state index contributed by atoms with van der Waals surface area (Å²) in [6.45, 7) is 2.83. The van der Waals surface area contributed by atoms with Crippen molar-refractivity contribution >= 4 is 60.5 Å². The summed E-state index contributed by atoms with van der Waals surface area (Å²) in [4.78, 5) is 4.69. The van der Waals surface area contributed by atoms with Crippen LogP contribution < -0.4 is 4.74 Å². The van der Waals surface area contributed by atoms with E-state index in [2.05, 4.69) is 36.2 Å². The molecule has 0 atom stereocenters. The molecule has 4 aromatic rings. The maximum absolute atomic E-state index is 5.90. The van der Waals surface area contributed by atoms with Gasteiger partial charge in [-0.3, -0.25) is 0 Å². The van der Waals surface area contributed by atoms with Crippen molar-refractivity contribution in [2.45, 2.75) is 17.7 Å². The molecule has 4 rings (SSSR count). The summed E-state index contributed by atoms with van der Waals surface area (Å²) in [5, 5.41) is 2.23. The van der Waals surface area contributed by atoms with E-state index in [9.17, 15) is 0 Å². The van der Waals surface area contributed by atoms with Crippen molar-refractivity contribution in [2.24, 2.45) is 0 Å². The van der Waals surface area contributed by atoms with E-state index in [0.717, 1.165) is 42.6 Å². The van der Waals surface area contributed by atoms with Crippen molar-refractivity contribution in [2.75, 3.05) is 6.61 Å². The van der Waals surface area contributed by atoms with E-state index in [1.54, 1.807) is 23.1 Å². The predicted octanol–water partition coefficient (Wildman–Crippen LogP) is 6.71. The van der Waals surface area contributed by atoms with Crippen LogP contribution in [0, 0.1) is 0 Å². The van der Waals surface area contributed by atoms with E-state index in [1.165, 1.54) is 4.70 Å². The molecule has 26 heavy (non-hydrogen) atoms. The van der Waals surface area contributed by atoms with Gasteiger partial charge in [-0.05, 0) is 47.8 Å². The smallest absolute Gasteiger partial charge is 0.156 e. The minimum absolute atomic E-state index is 0.717. The minimum atomic E-state index is 0.717. The average Bonchev–Trinajstić information content (AvgIpc) is 3.08. The molecule has 3 aromatic carbocycles. The van der Waals surface area contributed by atoms with Crippen LogP contribution in [0.25, 0.3) is 21.0 Å². The summed E-state index contributed by atoms with van der Waals surface area (Å²) < 4.78 is 8.90. The zero-order valence-corrected chi connectivity index (χ0v) is 16.7. The summed E-state index contributed by atoms with van der Waals surface area (Å²) >= 11 is 8.99. The first kappa shape index (κ1) is 17.5. The van der Waals surface area contributed by atoms with Gasteiger partial charge in [0.1, 0.15) is 5.75 Å². The molecule has 0 fully saturated rings. The summed E-state index contributed by atoms with van der Waals surface area (Å²) in [5.41, 5.74) is 2.08. The highest BCUT2D eigenvalue weighted by Crippen LogP contribution is 2.35. The van der Waals surface area contributed by atoms with Gasteiger partial charge in [0.2, 0.25) is 0 Å². The second-order valence-electron chi connectivity index (χ2n) is 5.84. The number of hydrogen-bond donors (Lipinski definition) is 0. The third kappa shape index (κ3) is 3.47. The Bertz CT molecular complexity index is 1050. The quantitative estimate of drug-likeness (QED) is 0.277. The summed E-state index contributed by atoms with van der Waals surface area (Å²) in [6, 6.07) is 20.5. The van der Waals surface area contributed by atoms with Crippen LogP contribution in [0.3, 0.4) is 0 Å². The average molecular weight is 396 g/mol. The molecule has 0 spiro atoms. The minimum Gasteiger partial charge on any atom is -0.493 e. The van der Waals surface area contributed by atoms with E-state index in [0.29, 0.717) is 6.61 Å². The topological polar surface area (TPSA) is 22.1 Å². The van der Waals surface area contributed by atoms with Gasteiger partial charge in [-0.15, -0.1) is 11.3 Å². The molecule has 0 amide bonds. The second kappa shape index (κ2) is 7.74. The van der Waals surface area contributed by atoms with Gasteiger partial charge >= 0.3 is 0 Å². The van der Waals surface area contributed by atoms with E-state index < -0.39 is 0 Å². The van der Waals surface area contributed by atoms with E-state index >= 15 is 0 Å². The Morgan fingerprint density at radius 3 is 2.62 bits per heavy atom. The first-order chi connectivity index (χ1) is 12.8. The number of thiocarbonyl (C=S) groups is 1. The number of fused-ring (bicyclic) bond motifs is 2. The number of nitrogens with zero attached hydrogens (tertiary/aromatic N) is 1. The Hall–Kier alpha value is -1.95. The number of para-hydroxylation sites is 1. The van der Waals surface area contributed by atoms with Crippen LogP contribution in [0.2, 0.25) is 0 Å². The van der Waals surface area contributed by atoms with Crippen LogP contribution >= 0.6 is 35.3 Å². The molecule has 2 nitrogen and oxygen atoms in total. The van der Waals surface area contributed by atoms with E-state index in [4.69, 9.17) is 17.0 Å². The van der Waals surface area contributed by atoms with Gasteiger partial charge in [0, 0.05) is 10.9 Å². The van der Waals surface area contributed by atoms with E-state index in [1.807, 2.05) is 36.4 Å². The van der Waals surface area contributed by atoms with Crippen molar-refractivity contribution < 1.29 is 4.74 Å². The van der Waals surface area contributed by atoms with Gasteiger partial charge in [0.05, 0.1) is 21.0 Å². The third-order valence-electron chi connectivity index (χ3n) is 4.02. The van der Waals surface area contributed by atoms with Gasteiger partial charge in [-0.25, -0.2) is 4.98 Å². The maximum atomic E-state index is 5.90. The van der Waals surface area contributed by atoms with Crippen LogP contribution in [0.15, 0.2) is 65.0 Å². The van der Waals surface area contributed by atoms with Gasteiger partial charge < -0.3 is 4.74 Å². The number of rotatable bonds is 5. The largest absolute Gasteiger partial charge is 0.493 e. The fourth-order valence-corrected chi connectivity index (χ4v) is 5.36. The second-order valence-corrected chi connectivity index (χ2v) is 8.80. The zero-order valence-electron chi connectivity index (χ0n) is 14.3. The molecule has 0 saturated heterocycles. The zero-order chi connectivity index (χ0) is 17.9. The lowest BCUT2D eigenvalue weighted by Gasteiger charge is -2.12. The standard InChI is InChI=1S/C21H17NOS3/c1-2-13-23-18-12-11-16(14-7-3-4-8-15(14)18)20(24)26-21-22-17-9-5-6-10-19(17)25-21/h3-12H,2,13H2,1H3. The SMILES string of the molecule is CCCOc1ccc(C(=S)Sc2nc3ccccc3s2)c2ccccc12. The highest BCUT2D eigenvalue weighted by Gasteiger charge is 2.13. The molecule has 0 bridgehead atoms. The maximum Gasteiger partial charge on any atom is 0.156 e. The van der Waals surface area contributed by atoms with Crippen LogP contribution in [0.5, 0.6) is 5.75 Å². The molecule has 5 heteroatoms. The molecule has 0 saturated carbocycles. The molecule has 0 aliphatic carbocycles. The third-order valence-corrected chi connectivity index (χ3v) is 6.49. The Kier molecular flexibility index (Phi) is 5.20. The summed E-state index contributed by atoms with van der Waals surface area (Å²) in [5.74, 6) is 0.916. The highest BCUT2D eigenvalue weighted by molar-refractivity contribution is 8.24. The van der Waals surface area contributed by atoms with Crippen molar-refractivity contribution in [3.8, 4) is 5.75 Å². The summed E-state index contributed by atoms with van der Waals surface area (Å²) in [7, 11) is 0. The molecule has 0 aliphatic rings. The van der Waals surface area contributed by atoms with Crippen molar-refractivity contribution in [1.82, 2.24) is 4.98 Å². The van der Waals surface area contributed by atoms with Crippen LogP contribution in [0.4, 0.5) is 0 Å². The van der Waals surface area contributed by atoms with Crippen molar-refractivity contribution in [3.05, 3.63) is 66.2 Å². The molecule has 130 valence electrons.